The number of nitrogens with one attached hydrogen (secondary N) is 1. The third kappa shape index (κ3) is 4.64. The van der Waals surface area contributed by atoms with Crippen LogP contribution in [0.5, 0.6) is 17.4 Å². The first-order chi connectivity index (χ1) is 16.5. The average molecular weight is 452 g/mol. The molecule has 2 aromatic carbocycles. The van der Waals surface area contributed by atoms with Crippen molar-refractivity contribution < 1.29 is 14.3 Å². The van der Waals surface area contributed by atoms with Crippen LogP contribution in [-0.2, 0) is 4.79 Å². The zero-order valence-corrected chi connectivity index (χ0v) is 18.5. The van der Waals surface area contributed by atoms with Crippen LogP contribution in [0.2, 0.25) is 0 Å². The second-order valence-electron chi connectivity index (χ2n) is 7.31. The predicted octanol–water partition coefficient (Wildman–Crippen LogP) is 4.35. The lowest BCUT2D eigenvalue weighted by Crippen LogP contribution is -2.20. The van der Waals surface area contributed by atoms with Crippen molar-refractivity contribution in [1.82, 2.24) is 9.38 Å². The maximum Gasteiger partial charge on any atom is 0.269 e. The number of ether oxygens (including phenoxy) is 2. The molecule has 0 aliphatic carbocycles. The highest BCUT2D eigenvalue weighted by Crippen LogP contribution is 2.31. The van der Waals surface area contributed by atoms with E-state index >= 15 is 0 Å². The van der Waals surface area contributed by atoms with Gasteiger partial charge in [-0.15, -0.1) is 0 Å². The van der Waals surface area contributed by atoms with Crippen molar-refractivity contribution in [2.75, 3.05) is 12.4 Å². The fourth-order valence-corrected chi connectivity index (χ4v) is 3.31. The van der Waals surface area contributed by atoms with Crippen molar-refractivity contribution in [3.8, 4) is 23.4 Å². The van der Waals surface area contributed by atoms with Crippen LogP contribution in [0.4, 0.5) is 5.69 Å². The molecule has 0 aliphatic rings. The summed E-state index contributed by atoms with van der Waals surface area (Å²) >= 11 is 0. The summed E-state index contributed by atoms with van der Waals surface area (Å²) in [5.74, 6) is 0.0467. The number of pyridine rings is 1. The van der Waals surface area contributed by atoms with Crippen molar-refractivity contribution >= 4 is 23.3 Å². The summed E-state index contributed by atoms with van der Waals surface area (Å²) in [5.41, 5.74) is 1.00. The number of hydrogen-bond donors (Lipinski definition) is 1. The van der Waals surface area contributed by atoms with E-state index in [0.29, 0.717) is 22.8 Å². The Hall–Kier alpha value is -4.90. The van der Waals surface area contributed by atoms with Crippen LogP contribution in [0.1, 0.15) is 11.1 Å². The summed E-state index contributed by atoms with van der Waals surface area (Å²) in [7, 11) is 1.50. The number of hydrogen-bond acceptors (Lipinski definition) is 6. The van der Waals surface area contributed by atoms with E-state index in [1.165, 1.54) is 17.6 Å². The van der Waals surface area contributed by atoms with Gasteiger partial charge in [0.25, 0.3) is 11.5 Å². The molecule has 0 unspecified atom stereocenters. The summed E-state index contributed by atoms with van der Waals surface area (Å²) in [6.07, 6.45) is 2.73. The highest BCUT2D eigenvalue weighted by molar-refractivity contribution is 6.09. The van der Waals surface area contributed by atoms with Crippen molar-refractivity contribution in [3.63, 3.8) is 0 Å². The lowest BCUT2D eigenvalue weighted by Gasteiger charge is -2.12. The molecule has 34 heavy (non-hydrogen) atoms. The molecule has 2 aromatic heterocycles. The van der Waals surface area contributed by atoms with Gasteiger partial charge in [-0.25, -0.2) is 0 Å². The molecular weight excluding hydrogens is 432 g/mol. The molecule has 0 saturated carbocycles. The Kier molecular flexibility index (Phi) is 6.37. The zero-order valence-electron chi connectivity index (χ0n) is 18.5. The van der Waals surface area contributed by atoms with Gasteiger partial charge in [-0.1, -0.05) is 30.3 Å². The largest absolute Gasteiger partial charge is 0.493 e. The first-order valence-electron chi connectivity index (χ1n) is 10.3. The molecule has 1 amide bonds. The van der Waals surface area contributed by atoms with Crippen LogP contribution >= 0.6 is 0 Å². The quantitative estimate of drug-likeness (QED) is 0.344. The molecule has 0 bridgehead atoms. The molecule has 0 saturated heterocycles. The molecule has 0 spiro atoms. The summed E-state index contributed by atoms with van der Waals surface area (Å²) in [6.45, 7) is 1.89. The van der Waals surface area contributed by atoms with Gasteiger partial charge in [0, 0.05) is 11.9 Å². The van der Waals surface area contributed by atoms with Crippen LogP contribution < -0.4 is 20.3 Å². The van der Waals surface area contributed by atoms with E-state index in [1.807, 2.05) is 19.1 Å². The lowest BCUT2D eigenvalue weighted by atomic mass is 10.1. The SMILES string of the molecule is COc1ccccc1Oc1nc2ccccn2c(=O)c1/C=C(/C#N)C(=O)Nc1cccc(C)c1. The van der Waals surface area contributed by atoms with Gasteiger partial charge in [0.2, 0.25) is 5.88 Å². The summed E-state index contributed by atoms with van der Waals surface area (Å²) in [6, 6.07) is 21.0. The van der Waals surface area contributed by atoms with E-state index in [0.717, 1.165) is 5.56 Å². The molecule has 0 fully saturated rings. The summed E-state index contributed by atoms with van der Waals surface area (Å²) in [4.78, 5) is 30.6. The normalized spacial score (nSPS) is 11.0. The number of amides is 1. The molecule has 168 valence electrons. The monoisotopic (exact) mass is 452 g/mol. The maximum atomic E-state index is 13.3. The van der Waals surface area contributed by atoms with E-state index in [2.05, 4.69) is 10.3 Å². The van der Waals surface area contributed by atoms with E-state index in [-0.39, 0.29) is 17.0 Å². The van der Waals surface area contributed by atoms with Crippen LogP contribution in [0.3, 0.4) is 0 Å². The number of methoxy groups -OCH3 is 1. The second-order valence-corrected chi connectivity index (χ2v) is 7.31. The molecule has 8 nitrogen and oxygen atoms in total. The van der Waals surface area contributed by atoms with E-state index < -0.39 is 11.5 Å². The van der Waals surface area contributed by atoms with Gasteiger partial charge < -0.3 is 14.8 Å². The number of rotatable bonds is 6. The minimum Gasteiger partial charge on any atom is -0.493 e. The van der Waals surface area contributed by atoms with Gasteiger partial charge in [-0.05, 0) is 55.0 Å². The number of benzene rings is 2. The Balaban J connectivity index is 1.82. The third-order valence-corrected chi connectivity index (χ3v) is 4.94. The highest BCUT2D eigenvalue weighted by Gasteiger charge is 2.18. The number of aromatic nitrogens is 2. The highest BCUT2D eigenvalue weighted by atomic mass is 16.5. The van der Waals surface area contributed by atoms with E-state index in [1.54, 1.807) is 66.9 Å². The van der Waals surface area contributed by atoms with E-state index in [9.17, 15) is 14.9 Å². The Bertz CT molecular complexity index is 1520. The standard InChI is InChI=1S/C26H20N4O4/c1-17-8-7-9-19(14-17)28-24(31)18(16-27)15-20-25(34-22-11-4-3-10-21(22)33-2)29-23-12-5-6-13-30(23)26(20)32/h3-15H,1-2H3,(H,28,31)/b18-15-. The molecule has 0 atom stereocenters. The van der Waals surface area contributed by atoms with Gasteiger partial charge >= 0.3 is 0 Å². The van der Waals surface area contributed by atoms with Crippen molar-refractivity contribution in [3.05, 3.63) is 100.0 Å². The van der Waals surface area contributed by atoms with Crippen LogP contribution in [0.15, 0.2) is 83.3 Å². The first kappa shape index (κ1) is 22.3. The number of nitriles is 1. The molecular formula is C26H20N4O4. The fraction of sp³-hybridized carbons (Fsp3) is 0.0769. The smallest absolute Gasteiger partial charge is 0.269 e. The Morgan fingerprint density at radius 1 is 1.09 bits per heavy atom. The van der Waals surface area contributed by atoms with E-state index in [4.69, 9.17) is 9.47 Å². The number of para-hydroxylation sites is 2. The molecule has 8 heteroatoms. The van der Waals surface area contributed by atoms with Crippen molar-refractivity contribution in [2.45, 2.75) is 6.92 Å². The molecule has 0 radical (unpaired) electrons. The summed E-state index contributed by atoms with van der Waals surface area (Å²) in [5, 5.41) is 12.4. The Morgan fingerprint density at radius 3 is 2.59 bits per heavy atom. The topological polar surface area (TPSA) is 106 Å². The molecule has 4 rings (SSSR count). The maximum absolute atomic E-state index is 13.3. The fourth-order valence-electron chi connectivity index (χ4n) is 3.31. The van der Waals surface area contributed by atoms with Gasteiger partial charge in [-0.2, -0.15) is 10.2 Å². The minimum atomic E-state index is -0.658. The average Bonchev–Trinajstić information content (AvgIpc) is 2.84. The number of carbonyl (C=O) groups is 1. The van der Waals surface area contributed by atoms with Gasteiger partial charge in [0.15, 0.2) is 11.5 Å². The molecule has 2 heterocycles. The third-order valence-electron chi connectivity index (χ3n) is 4.94. The number of nitrogens with zero attached hydrogens (tertiary/aromatic N) is 3. The van der Waals surface area contributed by atoms with Gasteiger partial charge in [0.05, 0.1) is 7.11 Å². The lowest BCUT2D eigenvalue weighted by molar-refractivity contribution is -0.112. The van der Waals surface area contributed by atoms with Gasteiger partial charge in [-0.3, -0.25) is 14.0 Å². The number of fused-ring (bicyclic) bond motifs is 1. The van der Waals surface area contributed by atoms with Crippen molar-refractivity contribution in [1.29, 1.82) is 5.26 Å². The van der Waals surface area contributed by atoms with Crippen LogP contribution in [0, 0.1) is 18.3 Å². The van der Waals surface area contributed by atoms with Crippen molar-refractivity contribution in [2.24, 2.45) is 0 Å². The molecule has 1 N–H and O–H groups in total. The minimum absolute atomic E-state index is 0.0504. The Morgan fingerprint density at radius 2 is 1.85 bits per heavy atom. The first-order valence-corrected chi connectivity index (χ1v) is 10.3. The second kappa shape index (κ2) is 9.71. The molecule has 0 aliphatic heterocycles. The molecule has 4 aromatic rings. The van der Waals surface area contributed by atoms with Crippen LogP contribution in [0.25, 0.3) is 11.7 Å². The number of anilines is 1. The number of carbonyl (C=O) groups excluding carboxylic acids is 1. The van der Waals surface area contributed by atoms with Crippen LogP contribution in [-0.4, -0.2) is 22.4 Å². The summed E-state index contributed by atoms with van der Waals surface area (Å²) < 4.78 is 12.6. The Labute approximate surface area is 195 Å². The zero-order chi connectivity index (χ0) is 24.1. The number of aryl methyl sites for hydroxylation is 1. The predicted molar refractivity (Wildman–Crippen MR) is 128 cm³/mol. The van der Waals surface area contributed by atoms with Gasteiger partial charge in [0.1, 0.15) is 22.9 Å².